The number of hydrogen-bond donors (Lipinski definition) is 0. The second-order valence-electron chi connectivity index (χ2n) is 9.57. The van der Waals surface area contributed by atoms with Crippen molar-refractivity contribution in [1.82, 2.24) is 9.80 Å². The van der Waals surface area contributed by atoms with Crippen molar-refractivity contribution in [2.45, 2.75) is 58.5 Å². The fourth-order valence-corrected chi connectivity index (χ4v) is 4.74. The molecule has 174 valence electrons. The number of carbonyl (C=O) groups is 2. The van der Waals surface area contributed by atoms with Crippen LogP contribution in [-0.4, -0.2) is 41.3 Å². The minimum Gasteiger partial charge on any atom is -0.493 e. The molecule has 5 nitrogen and oxygen atoms in total. The lowest BCUT2D eigenvalue weighted by Gasteiger charge is -2.30. The molecule has 5 heteroatoms. The maximum Gasteiger partial charge on any atom is 0.278 e. The quantitative estimate of drug-likeness (QED) is 0.519. The fraction of sp³-hybridized carbons (Fsp3) is 0.429. The fourth-order valence-electron chi connectivity index (χ4n) is 4.74. The van der Waals surface area contributed by atoms with Gasteiger partial charge in [-0.05, 0) is 42.0 Å². The monoisotopic (exact) mass is 446 g/mol. The average molecular weight is 447 g/mol. The van der Waals surface area contributed by atoms with E-state index < -0.39 is 0 Å². The molecule has 1 fully saturated rings. The van der Waals surface area contributed by atoms with E-state index in [-0.39, 0.29) is 17.9 Å². The van der Waals surface area contributed by atoms with Gasteiger partial charge in [-0.1, -0.05) is 75.6 Å². The number of hydrogen-bond acceptors (Lipinski definition) is 4. The first kappa shape index (κ1) is 23.1. The third-order valence-corrected chi connectivity index (χ3v) is 6.40. The summed E-state index contributed by atoms with van der Waals surface area (Å²) in [6, 6.07) is 17.6. The number of ether oxygens (including phenoxy) is 1. The first-order chi connectivity index (χ1) is 16.0. The molecule has 1 saturated carbocycles. The zero-order chi connectivity index (χ0) is 23.4. The highest BCUT2D eigenvalue weighted by Gasteiger charge is 2.44. The Morgan fingerprint density at radius 1 is 0.939 bits per heavy atom. The summed E-state index contributed by atoms with van der Waals surface area (Å²) in [5, 5.41) is 0. The van der Waals surface area contributed by atoms with Crippen molar-refractivity contribution in [3.8, 4) is 5.75 Å². The third-order valence-electron chi connectivity index (χ3n) is 6.40. The molecule has 0 N–H and O–H groups in total. The van der Waals surface area contributed by atoms with Gasteiger partial charge in [0.1, 0.15) is 11.4 Å². The Balaban J connectivity index is 1.67. The summed E-state index contributed by atoms with van der Waals surface area (Å²) in [6.45, 7) is 5.42. The van der Waals surface area contributed by atoms with Crippen LogP contribution in [-0.2, 0) is 16.1 Å². The minimum absolute atomic E-state index is 0.00924. The molecule has 0 aromatic heterocycles. The average Bonchev–Trinajstić information content (AvgIpc) is 3.09. The summed E-state index contributed by atoms with van der Waals surface area (Å²) < 4.78 is 5.81. The second-order valence-corrected chi connectivity index (χ2v) is 9.57. The summed E-state index contributed by atoms with van der Waals surface area (Å²) in [6.07, 6.45) is 5.08. The Morgan fingerprint density at radius 2 is 1.61 bits per heavy atom. The minimum atomic E-state index is -0.169. The van der Waals surface area contributed by atoms with E-state index in [1.807, 2.05) is 66.5 Å². The number of likely N-dealkylation sites (N-methyl/N-ethyl adjacent to an activating group) is 1. The number of carbonyl (C=O) groups excluding carboxylic acids is 2. The molecule has 0 unspecified atom stereocenters. The van der Waals surface area contributed by atoms with Gasteiger partial charge >= 0.3 is 0 Å². The lowest BCUT2D eigenvalue weighted by molar-refractivity contribution is -0.140. The Labute approximate surface area is 197 Å². The second kappa shape index (κ2) is 10.2. The SMILES string of the molecule is CC(C)COc1ccc(C2=C(N(C)Cc3ccccc3)C(=O)N(C3CCCCC3)C2=O)cc1. The number of imide groups is 1. The first-order valence-electron chi connectivity index (χ1n) is 12.1. The maximum absolute atomic E-state index is 13.7. The summed E-state index contributed by atoms with van der Waals surface area (Å²) in [4.78, 5) is 30.8. The molecule has 1 aliphatic carbocycles. The molecule has 0 spiro atoms. The molecule has 2 aromatic rings. The van der Waals surface area contributed by atoms with E-state index in [0.717, 1.165) is 42.6 Å². The van der Waals surface area contributed by atoms with E-state index in [4.69, 9.17) is 4.74 Å². The summed E-state index contributed by atoms with van der Waals surface area (Å²) >= 11 is 0. The van der Waals surface area contributed by atoms with Crippen LogP contribution in [0.15, 0.2) is 60.3 Å². The highest BCUT2D eigenvalue weighted by Crippen LogP contribution is 2.36. The molecular weight excluding hydrogens is 412 g/mol. The van der Waals surface area contributed by atoms with Crippen molar-refractivity contribution < 1.29 is 14.3 Å². The van der Waals surface area contributed by atoms with Crippen LogP contribution in [0.5, 0.6) is 5.75 Å². The van der Waals surface area contributed by atoms with E-state index in [1.165, 1.54) is 11.3 Å². The van der Waals surface area contributed by atoms with Gasteiger partial charge in [-0.15, -0.1) is 0 Å². The lowest BCUT2D eigenvalue weighted by atomic mass is 9.94. The van der Waals surface area contributed by atoms with E-state index in [9.17, 15) is 9.59 Å². The molecule has 0 atom stereocenters. The molecule has 1 aliphatic heterocycles. The Morgan fingerprint density at radius 3 is 2.24 bits per heavy atom. The molecule has 2 aromatic carbocycles. The standard InChI is InChI=1S/C28H34N2O3/c1-20(2)19-33-24-16-14-22(15-17-24)25-26(29(3)18-21-10-6-4-7-11-21)28(32)30(27(25)31)23-12-8-5-9-13-23/h4,6-7,10-11,14-17,20,23H,5,8-9,12-13,18-19H2,1-3H3. The lowest BCUT2D eigenvalue weighted by Crippen LogP contribution is -2.43. The highest BCUT2D eigenvalue weighted by molar-refractivity contribution is 6.35. The van der Waals surface area contributed by atoms with Crippen LogP contribution >= 0.6 is 0 Å². The Kier molecular flexibility index (Phi) is 7.17. The Hall–Kier alpha value is -3.08. The zero-order valence-corrected chi connectivity index (χ0v) is 19.9. The van der Waals surface area contributed by atoms with Crippen molar-refractivity contribution in [1.29, 1.82) is 0 Å². The molecular formula is C28H34N2O3. The van der Waals surface area contributed by atoms with Gasteiger partial charge in [0, 0.05) is 19.6 Å². The molecule has 2 aliphatic rings. The van der Waals surface area contributed by atoms with Crippen LogP contribution < -0.4 is 4.74 Å². The third kappa shape index (κ3) is 5.13. The normalized spacial score (nSPS) is 17.3. The van der Waals surface area contributed by atoms with Crippen molar-refractivity contribution in [2.24, 2.45) is 5.92 Å². The molecule has 4 rings (SSSR count). The summed E-state index contributed by atoms with van der Waals surface area (Å²) in [5.41, 5.74) is 2.85. The Bertz CT molecular complexity index is 1010. The van der Waals surface area contributed by atoms with Crippen LogP contribution in [0.1, 0.15) is 57.1 Å². The molecule has 0 radical (unpaired) electrons. The largest absolute Gasteiger partial charge is 0.493 e. The number of benzene rings is 2. The van der Waals surface area contributed by atoms with Crippen LogP contribution in [0.2, 0.25) is 0 Å². The summed E-state index contributed by atoms with van der Waals surface area (Å²) in [5.74, 6) is 0.870. The number of rotatable bonds is 8. The highest BCUT2D eigenvalue weighted by atomic mass is 16.5. The van der Waals surface area contributed by atoms with Gasteiger partial charge < -0.3 is 9.64 Å². The molecule has 1 heterocycles. The van der Waals surface area contributed by atoms with Gasteiger partial charge in [-0.3, -0.25) is 14.5 Å². The van der Waals surface area contributed by atoms with Crippen molar-refractivity contribution >= 4 is 17.4 Å². The molecule has 0 saturated heterocycles. The first-order valence-corrected chi connectivity index (χ1v) is 12.1. The van der Waals surface area contributed by atoms with Crippen molar-refractivity contribution in [3.63, 3.8) is 0 Å². The van der Waals surface area contributed by atoms with Crippen LogP contribution in [0, 0.1) is 5.92 Å². The molecule has 0 bridgehead atoms. The topological polar surface area (TPSA) is 49.9 Å². The predicted molar refractivity (Wildman–Crippen MR) is 130 cm³/mol. The van der Waals surface area contributed by atoms with Gasteiger partial charge in [-0.25, -0.2) is 0 Å². The van der Waals surface area contributed by atoms with Crippen molar-refractivity contribution in [2.75, 3.05) is 13.7 Å². The maximum atomic E-state index is 13.7. The number of amides is 2. The van der Waals surface area contributed by atoms with Gasteiger partial charge in [0.25, 0.3) is 11.8 Å². The van der Waals surface area contributed by atoms with Gasteiger partial charge in [0.05, 0.1) is 12.2 Å². The van der Waals surface area contributed by atoms with Crippen molar-refractivity contribution in [3.05, 3.63) is 71.4 Å². The van der Waals surface area contributed by atoms with Gasteiger partial charge in [0.15, 0.2) is 0 Å². The summed E-state index contributed by atoms with van der Waals surface area (Å²) in [7, 11) is 1.90. The van der Waals surface area contributed by atoms with Gasteiger partial charge in [0.2, 0.25) is 0 Å². The number of nitrogens with zero attached hydrogens (tertiary/aromatic N) is 2. The van der Waals surface area contributed by atoms with Crippen LogP contribution in [0.3, 0.4) is 0 Å². The van der Waals surface area contributed by atoms with E-state index in [0.29, 0.717) is 30.3 Å². The van der Waals surface area contributed by atoms with E-state index in [1.54, 1.807) is 0 Å². The molecule has 2 amide bonds. The van der Waals surface area contributed by atoms with Crippen LogP contribution in [0.25, 0.3) is 5.57 Å². The molecule has 33 heavy (non-hydrogen) atoms. The van der Waals surface area contributed by atoms with E-state index in [2.05, 4.69) is 13.8 Å². The zero-order valence-electron chi connectivity index (χ0n) is 19.9. The van der Waals surface area contributed by atoms with Gasteiger partial charge in [-0.2, -0.15) is 0 Å². The van der Waals surface area contributed by atoms with Crippen LogP contribution in [0.4, 0.5) is 0 Å². The predicted octanol–water partition coefficient (Wildman–Crippen LogP) is 5.27. The smallest absolute Gasteiger partial charge is 0.278 e. The van der Waals surface area contributed by atoms with E-state index >= 15 is 0 Å².